The van der Waals surface area contributed by atoms with Crippen molar-refractivity contribution in [2.24, 2.45) is 5.92 Å². The number of rotatable bonds is 5. The zero-order valence-corrected chi connectivity index (χ0v) is 31.6. The van der Waals surface area contributed by atoms with Crippen molar-refractivity contribution < 1.29 is 19.8 Å². The maximum atomic E-state index is 12.6. The van der Waals surface area contributed by atoms with Gasteiger partial charge in [0.1, 0.15) is 5.15 Å². The third kappa shape index (κ3) is 7.66. The highest BCUT2D eigenvalue weighted by atomic mass is 35.5. The molecule has 0 bridgehead atoms. The van der Waals surface area contributed by atoms with Gasteiger partial charge in [-0.25, -0.2) is 9.97 Å². The first-order chi connectivity index (χ1) is 24.9. The van der Waals surface area contributed by atoms with Gasteiger partial charge in [0.05, 0.1) is 48.1 Å². The lowest BCUT2D eigenvalue weighted by atomic mass is 9.81. The zero-order chi connectivity index (χ0) is 37.2. The van der Waals surface area contributed by atoms with Crippen molar-refractivity contribution in [2.75, 3.05) is 0 Å². The van der Waals surface area contributed by atoms with E-state index in [9.17, 15) is 19.8 Å². The van der Waals surface area contributed by atoms with E-state index in [0.717, 1.165) is 66.0 Å². The Labute approximate surface area is 309 Å². The second-order valence-corrected chi connectivity index (χ2v) is 19.7. The van der Waals surface area contributed by atoms with Gasteiger partial charge in [-0.05, 0) is 72.9 Å². The lowest BCUT2D eigenvalue weighted by Gasteiger charge is -2.29. The van der Waals surface area contributed by atoms with Crippen LogP contribution in [0.3, 0.4) is 0 Å². The standard InChI is InChI=1S/C19H21NO2Si.C14H15NO.C10H6ClNO/c1-23(2,3)19-16(22)10-12-9-15(21)13-8-11-6-4-5-7-14(11)20-18(13)17(12)19;1-3-6-14(16)12-9-11-7-4-5-8-13(11)15-10(12)2;11-10-8(6-13)5-7-3-1-2-4-9(7)12-10/h4-8,12,15,21H,9-10H2,1-3H3;3-5,7-9,14,16H,1,6H2,2H3;1-6H/t12-,15?;;/m1../s1. The van der Waals surface area contributed by atoms with Gasteiger partial charge in [0.15, 0.2) is 12.1 Å². The van der Waals surface area contributed by atoms with Gasteiger partial charge in [-0.2, -0.15) is 0 Å². The molecule has 3 heterocycles. The number of carbonyl (C=O) groups excluding carboxylic acids is 2. The number of carbonyl (C=O) groups is 2. The smallest absolute Gasteiger partial charge is 0.155 e. The highest BCUT2D eigenvalue weighted by Crippen LogP contribution is 2.49. The van der Waals surface area contributed by atoms with Crippen molar-refractivity contribution >= 4 is 70.0 Å². The zero-order valence-electron chi connectivity index (χ0n) is 29.8. The molecule has 0 amide bonds. The largest absolute Gasteiger partial charge is 0.388 e. The van der Waals surface area contributed by atoms with Crippen molar-refractivity contribution in [3.05, 3.63) is 142 Å². The lowest BCUT2D eigenvalue weighted by molar-refractivity contribution is -0.115. The van der Waals surface area contributed by atoms with Crippen LogP contribution in [0, 0.1) is 12.8 Å². The number of halogens is 1. The molecule has 6 aromatic rings. The van der Waals surface area contributed by atoms with E-state index in [0.29, 0.717) is 31.1 Å². The fraction of sp³-hybridized carbons (Fsp3) is 0.233. The molecule has 3 aromatic carbocycles. The number of aromatic nitrogens is 3. The summed E-state index contributed by atoms with van der Waals surface area (Å²) in [6.07, 6.45) is 3.14. The highest BCUT2D eigenvalue weighted by Gasteiger charge is 2.44. The molecule has 2 aliphatic carbocycles. The second-order valence-electron chi connectivity index (χ2n) is 14.3. The van der Waals surface area contributed by atoms with Crippen molar-refractivity contribution in [1.82, 2.24) is 15.0 Å². The third-order valence-electron chi connectivity index (χ3n) is 9.55. The molecule has 0 saturated carbocycles. The van der Waals surface area contributed by atoms with Gasteiger partial charge in [-0.1, -0.05) is 91.9 Å². The third-order valence-corrected chi connectivity index (χ3v) is 11.9. The molecule has 0 aliphatic heterocycles. The molecular weight excluding hydrogens is 686 g/mol. The number of benzene rings is 3. The van der Waals surface area contributed by atoms with Gasteiger partial charge in [0.2, 0.25) is 0 Å². The van der Waals surface area contributed by atoms with Crippen LogP contribution in [0.2, 0.25) is 24.8 Å². The SMILES string of the molecule is C=CCC(O)c1cc2ccccc2nc1C.C[Si](C)(C)C1=C2c3nc4ccccc4cc3C(O)C[C@@H]2CC1=O.O=Cc1cc2ccccc2nc1Cl. The van der Waals surface area contributed by atoms with E-state index in [1.807, 2.05) is 85.8 Å². The fourth-order valence-electron chi connectivity index (χ4n) is 7.16. The molecule has 3 atom stereocenters. The Morgan fingerprint density at radius 2 is 1.44 bits per heavy atom. The normalized spacial score (nSPS) is 17.1. The molecule has 0 fully saturated rings. The Morgan fingerprint density at radius 1 is 0.885 bits per heavy atom. The molecule has 7 nitrogen and oxygen atoms in total. The minimum absolute atomic E-state index is 0.139. The van der Waals surface area contributed by atoms with Gasteiger partial charge < -0.3 is 10.2 Å². The summed E-state index contributed by atoms with van der Waals surface area (Å²) < 4.78 is 0. The molecule has 3 aromatic heterocycles. The fourth-order valence-corrected chi connectivity index (χ4v) is 9.42. The number of nitrogens with zero attached hydrogens (tertiary/aromatic N) is 3. The summed E-state index contributed by atoms with van der Waals surface area (Å²) in [5.74, 6) is 0.416. The number of fused-ring (bicyclic) bond motifs is 6. The topological polar surface area (TPSA) is 113 Å². The molecule has 0 spiro atoms. The number of ketones is 1. The van der Waals surface area contributed by atoms with Crippen LogP contribution in [0.5, 0.6) is 0 Å². The Bertz CT molecular complexity index is 2370. The molecule has 8 rings (SSSR count). The van der Waals surface area contributed by atoms with E-state index < -0.39 is 20.3 Å². The Balaban J connectivity index is 0.000000141. The summed E-state index contributed by atoms with van der Waals surface area (Å²) in [6.45, 7) is 12.2. The minimum Gasteiger partial charge on any atom is -0.388 e. The summed E-state index contributed by atoms with van der Waals surface area (Å²) in [5, 5.41) is 24.9. The van der Waals surface area contributed by atoms with Gasteiger partial charge in [0.25, 0.3) is 0 Å². The van der Waals surface area contributed by atoms with Crippen LogP contribution < -0.4 is 0 Å². The number of aliphatic hydroxyl groups excluding tert-OH is 2. The molecule has 2 N–H and O–H groups in total. The first-order valence-electron chi connectivity index (χ1n) is 17.4. The van der Waals surface area contributed by atoms with Crippen LogP contribution >= 0.6 is 11.6 Å². The van der Waals surface area contributed by atoms with Gasteiger partial charge in [-0.15, -0.1) is 6.58 Å². The van der Waals surface area contributed by atoms with E-state index >= 15 is 0 Å². The molecule has 0 saturated heterocycles. The van der Waals surface area contributed by atoms with Crippen molar-refractivity contribution in [1.29, 1.82) is 0 Å². The molecule has 2 aliphatic rings. The summed E-state index contributed by atoms with van der Waals surface area (Å²) in [7, 11) is -1.74. The molecule has 2 unspecified atom stereocenters. The number of allylic oxidation sites excluding steroid dienone is 2. The van der Waals surface area contributed by atoms with Gasteiger partial charge in [-0.3, -0.25) is 14.6 Å². The number of para-hydroxylation sites is 3. The number of hydrogen-bond donors (Lipinski definition) is 2. The number of pyridine rings is 3. The maximum Gasteiger partial charge on any atom is 0.155 e. The lowest BCUT2D eigenvalue weighted by Crippen LogP contribution is -2.28. The first kappa shape index (κ1) is 36.9. The highest BCUT2D eigenvalue weighted by molar-refractivity contribution is 6.88. The van der Waals surface area contributed by atoms with Crippen molar-refractivity contribution in [3.63, 3.8) is 0 Å². The van der Waals surface area contributed by atoms with E-state index in [1.54, 1.807) is 12.1 Å². The monoisotopic (exact) mass is 727 g/mol. The maximum absolute atomic E-state index is 12.6. The Morgan fingerprint density at radius 3 is 2.04 bits per heavy atom. The van der Waals surface area contributed by atoms with Crippen LogP contribution in [0.1, 0.15) is 64.3 Å². The summed E-state index contributed by atoms with van der Waals surface area (Å²) in [5.41, 5.74) is 7.80. The predicted octanol–water partition coefficient (Wildman–Crippen LogP) is 9.75. The molecule has 264 valence electrons. The van der Waals surface area contributed by atoms with E-state index in [-0.39, 0.29) is 16.9 Å². The van der Waals surface area contributed by atoms with Crippen LogP contribution in [0.25, 0.3) is 38.3 Å². The van der Waals surface area contributed by atoms with Crippen LogP contribution in [-0.2, 0) is 4.79 Å². The number of aldehydes is 1. The average molecular weight is 728 g/mol. The Hall–Kier alpha value is -4.86. The van der Waals surface area contributed by atoms with E-state index in [2.05, 4.69) is 42.3 Å². The first-order valence-corrected chi connectivity index (χ1v) is 21.3. The molecular formula is C43H42ClN3O4Si. The van der Waals surface area contributed by atoms with E-state index in [1.165, 1.54) is 0 Å². The van der Waals surface area contributed by atoms with Gasteiger partial charge >= 0.3 is 0 Å². The summed E-state index contributed by atoms with van der Waals surface area (Å²) >= 11 is 5.76. The van der Waals surface area contributed by atoms with Crippen LogP contribution in [-0.4, -0.2) is 45.3 Å². The Kier molecular flexibility index (Phi) is 10.9. The average Bonchev–Trinajstić information content (AvgIpc) is 3.47. The van der Waals surface area contributed by atoms with Crippen LogP contribution in [0.15, 0.2) is 109 Å². The molecule has 9 heteroatoms. The van der Waals surface area contributed by atoms with Gasteiger partial charge in [0, 0.05) is 39.4 Å². The summed E-state index contributed by atoms with van der Waals surface area (Å²) in [4.78, 5) is 36.6. The predicted molar refractivity (Wildman–Crippen MR) is 213 cm³/mol. The number of Topliss-reactive ketones (excluding diaryl/α,β-unsaturated/α-hetero) is 1. The van der Waals surface area contributed by atoms with Crippen molar-refractivity contribution in [2.45, 2.75) is 58.0 Å². The second kappa shape index (κ2) is 15.4. The number of hydrogen-bond acceptors (Lipinski definition) is 7. The molecule has 0 radical (unpaired) electrons. The van der Waals surface area contributed by atoms with Crippen LogP contribution in [0.4, 0.5) is 0 Å². The van der Waals surface area contributed by atoms with Crippen molar-refractivity contribution in [3.8, 4) is 0 Å². The minimum atomic E-state index is -1.74. The summed E-state index contributed by atoms with van der Waals surface area (Å²) in [6, 6.07) is 29.2. The number of aryl methyl sites for hydroxylation is 1. The number of aliphatic hydroxyl groups is 2. The van der Waals surface area contributed by atoms with E-state index in [4.69, 9.17) is 16.6 Å². The quantitative estimate of drug-likeness (QED) is 0.0787. The molecule has 52 heavy (non-hydrogen) atoms.